The monoisotopic (exact) mass is 268 g/mol. The van der Waals surface area contributed by atoms with E-state index in [-0.39, 0.29) is 5.78 Å². The van der Waals surface area contributed by atoms with Crippen molar-refractivity contribution in [2.24, 2.45) is 7.05 Å². The summed E-state index contributed by atoms with van der Waals surface area (Å²) in [6.07, 6.45) is 4.13. The second kappa shape index (κ2) is 5.16. The SMILES string of the molecule is C[C@@H]1CCc2ccccc2N1CC(=O)c1cccn1C. The average Bonchev–Trinajstić information content (AvgIpc) is 2.88. The zero-order chi connectivity index (χ0) is 14.1. The highest BCUT2D eigenvalue weighted by atomic mass is 16.1. The van der Waals surface area contributed by atoms with Crippen LogP contribution in [0.5, 0.6) is 0 Å². The second-order valence-electron chi connectivity index (χ2n) is 5.57. The maximum atomic E-state index is 12.5. The van der Waals surface area contributed by atoms with E-state index in [1.165, 1.54) is 11.3 Å². The van der Waals surface area contributed by atoms with Crippen LogP contribution in [0.2, 0.25) is 0 Å². The number of aryl methyl sites for hydroxylation is 2. The van der Waals surface area contributed by atoms with Gasteiger partial charge < -0.3 is 9.47 Å². The molecule has 1 aliphatic rings. The lowest BCUT2D eigenvalue weighted by Gasteiger charge is -2.36. The number of fused-ring (bicyclic) bond motifs is 1. The molecule has 2 aromatic rings. The number of aromatic nitrogens is 1. The minimum absolute atomic E-state index is 0.182. The van der Waals surface area contributed by atoms with Crippen LogP contribution in [0.25, 0.3) is 0 Å². The van der Waals surface area contributed by atoms with Crippen LogP contribution in [0.4, 0.5) is 5.69 Å². The summed E-state index contributed by atoms with van der Waals surface area (Å²) in [7, 11) is 1.92. The summed E-state index contributed by atoms with van der Waals surface area (Å²) in [4.78, 5) is 14.7. The number of anilines is 1. The second-order valence-corrected chi connectivity index (χ2v) is 5.57. The minimum Gasteiger partial charge on any atom is -0.361 e. The Hall–Kier alpha value is -2.03. The molecule has 0 saturated carbocycles. The van der Waals surface area contributed by atoms with Crippen molar-refractivity contribution in [2.45, 2.75) is 25.8 Å². The summed E-state index contributed by atoms with van der Waals surface area (Å²) < 4.78 is 1.89. The smallest absolute Gasteiger partial charge is 0.198 e. The first kappa shape index (κ1) is 13.0. The molecule has 0 amide bonds. The Morgan fingerprint density at radius 2 is 2.05 bits per heavy atom. The Morgan fingerprint density at radius 1 is 1.25 bits per heavy atom. The first-order valence-corrected chi connectivity index (χ1v) is 7.16. The number of Topliss-reactive ketones (excluding diaryl/α,β-unsaturated/α-hetero) is 1. The number of nitrogens with zero attached hydrogens (tertiary/aromatic N) is 2. The molecule has 0 N–H and O–H groups in total. The van der Waals surface area contributed by atoms with Crippen molar-refractivity contribution in [1.29, 1.82) is 0 Å². The van der Waals surface area contributed by atoms with Gasteiger partial charge in [-0.15, -0.1) is 0 Å². The van der Waals surface area contributed by atoms with Crippen molar-refractivity contribution in [3.8, 4) is 0 Å². The van der Waals surface area contributed by atoms with E-state index < -0.39 is 0 Å². The fourth-order valence-corrected chi connectivity index (χ4v) is 2.99. The third-order valence-corrected chi connectivity index (χ3v) is 4.21. The minimum atomic E-state index is 0.182. The van der Waals surface area contributed by atoms with Crippen LogP contribution in [0.3, 0.4) is 0 Å². The Kier molecular flexibility index (Phi) is 3.35. The fraction of sp³-hybridized carbons (Fsp3) is 0.353. The van der Waals surface area contributed by atoms with Crippen LogP contribution in [0.15, 0.2) is 42.6 Å². The van der Waals surface area contributed by atoms with Crippen molar-refractivity contribution in [2.75, 3.05) is 11.4 Å². The van der Waals surface area contributed by atoms with E-state index in [9.17, 15) is 4.79 Å². The van der Waals surface area contributed by atoms with Crippen LogP contribution in [-0.2, 0) is 13.5 Å². The van der Waals surface area contributed by atoms with E-state index in [0.717, 1.165) is 18.5 Å². The predicted molar refractivity (Wildman–Crippen MR) is 81.3 cm³/mol. The molecular formula is C17H20N2O. The van der Waals surface area contributed by atoms with Crippen molar-refractivity contribution in [1.82, 2.24) is 4.57 Å². The molecule has 2 heterocycles. The van der Waals surface area contributed by atoms with Gasteiger partial charge in [-0.2, -0.15) is 0 Å². The summed E-state index contributed by atoms with van der Waals surface area (Å²) in [5.74, 6) is 0.182. The van der Waals surface area contributed by atoms with Gasteiger partial charge in [0.25, 0.3) is 0 Å². The third-order valence-electron chi connectivity index (χ3n) is 4.21. The lowest BCUT2D eigenvalue weighted by Crippen LogP contribution is -2.41. The van der Waals surface area contributed by atoms with E-state index in [1.54, 1.807) is 0 Å². The average molecular weight is 268 g/mol. The maximum absolute atomic E-state index is 12.5. The van der Waals surface area contributed by atoms with Crippen LogP contribution in [-0.4, -0.2) is 22.9 Å². The number of carbonyl (C=O) groups excluding carboxylic acids is 1. The molecule has 20 heavy (non-hydrogen) atoms. The molecule has 0 saturated heterocycles. The standard InChI is InChI=1S/C17H20N2O/c1-13-9-10-14-6-3-4-7-15(14)19(13)12-17(20)16-8-5-11-18(16)2/h3-8,11,13H,9-10,12H2,1-2H3/t13-/m1/s1. The molecule has 0 unspecified atom stereocenters. The molecule has 3 rings (SSSR count). The van der Waals surface area contributed by atoms with E-state index in [4.69, 9.17) is 0 Å². The van der Waals surface area contributed by atoms with Crippen molar-refractivity contribution >= 4 is 11.5 Å². The Bertz CT molecular complexity index is 629. The van der Waals surface area contributed by atoms with Gasteiger partial charge in [-0.05, 0) is 43.5 Å². The molecular weight excluding hydrogens is 248 g/mol. The van der Waals surface area contributed by atoms with Crippen molar-refractivity contribution in [3.05, 3.63) is 53.9 Å². The molecule has 1 atom stereocenters. The quantitative estimate of drug-likeness (QED) is 0.799. The highest BCUT2D eigenvalue weighted by molar-refractivity contribution is 5.98. The van der Waals surface area contributed by atoms with Crippen LogP contribution < -0.4 is 4.90 Å². The van der Waals surface area contributed by atoms with Gasteiger partial charge in [0.2, 0.25) is 0 Å². The Morgan fingerprint density at radius 3 is 2.80 bits per heavy atom. The zero-order valence-electron chi connectivity index (χ0n) is 12.0. The lowest BCUT2D eigenvalue weighted by atomic mass is 9.96. The van der Waals surface area contributed by atoms with Gasteiger partial charge in [0.05, 0.1) is 12.2 Å². The van der Waals surface area contributed by atoms with Crippen molar-refractivity contribution in [3.63, 3.8) is 0 Å². The molecule has 0 aliphatic carbocycles. The van der Waals surface area contributed by atoms with E-state index >= 15 is 0 Å². The number of para-hydroxylation sites is 1. The topological polar surface area (TPSA) is 25.2 Å². The van der Waals surface area contributed by atoms with E-state index in [1.807, 2.05) is 29.9 Å². The number of hydrogen-bond acceptors (Lipinski definition) is 2. The van der Waals surface area contributed by atoms with Gasteiger partial charge in [0.15, 0.2) is 5.78 Å². The van der Waals surface area contributed by atoms with Gasteiger partial charge in [-0.25, -0.2) is 0 Å². The lowest BCUT2D eigenvalue weighted by molar-refractivity contribution is 0.0988. The zero-order valence-corrected chi connectivity index (χ0v) is 12.0. The summed E-state index contributed by atoms with van der Waals surface area (Å²) in [5, 5.41) is 0. The van der Waals surface area contributed by atoms with Gasteiger partial charge in [-0.1, -0.05) is 18.2 Å². The maximum Gasteiger partial charge on any atom is 0.198 e. The summed E-state index contributed by atoms with van der Waals surface area (Å²) in [6.45, 7) is 2.66. The predicted octanol–water partition coefficient (Wildman–Crippen LogP) is 3.05. The molecule has 1 aromatic heterocycles. The molecule has 0 bridgehead atoms. The van der Waals surface area contributed by atoms with Crippen molar-refractivity contribution < 1.29 is 4.79 Å². The Labute approximate surface area is 119 Å². The summed E-state index contributed by atoms with van der Waals surface area (Å²) in [6, 6.07) is 12.6. The third kappa shape index (κ3) is 2.24. The number of hydrogen-bond donors (Lipinski definition) is 0. The number of carbonyl (C=O) groups is 1. The largest absolute Gasteiger partial charge is 0.361 e. The molecule has 3 heteroatoms. The summed E-state index contributed by atoms with van der Waals surface area (Å²) >= 11 is 0. The number of benzene rings is 1. The molecule has 1 aromatic carbocycles. The number of ketones is 1. The molecule has 3 nitrogen and oxygen atoms in total. The number of rotatable bonds is 3. The normalized spacial score (nSPS) is 17.9. The van der Waals surface area contributed by atoms with Gasteiger partial charge in [-0.3, -0.25) is 4.79 Å². The van der Waals surface area contributed by atoms with E-state index in [2.05, 4.69) is 36.1 Å². The highest BCUT2D eigenvalue weighted by Gasteiger charge is 2.25. The summed E-state index contributed by atoms with van der Waals surface area (Å²) in [5.41, 5.74) is 3.35. The first-order valence-electron chi connectivity index (χ1n) is 7.16. The fourth-order valence-electron chi connectivity index (χ4n) is 2.99. The molecule has 104 valence electrons. The first-order chi connectivity index (χ1) is 9.66. The van der Waals surface area contributed by atoms with Crippen LogP contribution in [0, 0.1) is 0 Å². The highest BCUT2D eigenvalue weighted by Crippen LogP contribution is 2.30. The van der Waals surface area contributed by atoms with Crippen LogP contribution >= 0.6 is 0 Å². The van der Waals surface area contributed by atoms with E-state index in [0.29, 0.717) is 12.6 Å². The van der Waals surface area contributed by atoms with Crippen LogP contribution in [0.1, 0.15) is 29.4 Å². The molecule has 0 fully saturated rings. The van der Waals surface area contributed by atoms with Gasteiger partial charge in [0, 0.05) is 25.0 Å². The van der Waals surface area contributed by atoms with Gasteiger partial charge in [0.1, 0.15) is 0 Å². The van der Waals surface area contributed by atoms with Gasteiger partial charge >= 0.3 is 0 Å². The Balaban J connectivity index is 1.87. The molecule has 1 aliphatic heterocycles. The molecule has 0 spiro atoms. The molecule has 0 radical (unpaired) electrons.